The minimum Gasteiger partial charge on any atom is -0.320 e. The number of nitrogens with zero attached hydrogens (tertiary/aromatic N) is 2. The molecule has 2 heterocycles. The van der Waals surface area contributed by atoms with E-state index in [1.807, 2.05) is 0 Å². The number of hydrogen-bond acceptors (Lipinski definition) is 3. The van der Waals surface area contributed by atoms with Gasteiger partial charge in [0.25, 0.3) is 0 Å². The number of hydrogen-bond donors (Lipinski definition) is 0. The summed E-state index contributed by atoms with van der Waals surface area (Å²) >= 11 is 1.76. The van der Waals surface area contributed by atoms with E-state index in [1.54, 1.807) is 11.8 Å². The topological polar surface area (TPSA) is 15.6 Å². The van der Waals surface area contributed by atoms with E-state index in [9.17, 15) is 0 Å². The van der Waals surface area contributed by atoms with Gasteiger partial charge in [-0.1, -0.05) is 42.1 Å². The molecular weight excluding hydrogens is 216 g/mol. The molecule has 2 aliphatic rings. The maximum absolute atomic E-state index is 4.61. The van der Waals surface area contributed by atoms with Gasteiger partial charge in [-0.2, -0.15) is 0 Å². The SMILES string of the molecule is C1=C(c2ccccc2)N2CCCCN=C2S1. The third-order valence-electron chi connectivity index (χ3n) is 2.90. The lowest BCUT2D eigenvalue weighted by atomic mass is 10.1. The van der Waals surface area contributed by atoms with Crippen LogP contribution in [0.2, 0.25) is 0 Å². The van der Waals surface area contributed by atoms with Gasteiger partial charge in [0.05, 0.1) is 5.70 Å². The second-order valence-electron chi connectivity index (χ2n) is 4.01. The average Bonchev–Trinajstić information content (AvgIpc) is 2.60. The Hall–Kier alpha value is -1.22. The fourth-order valence-corrected chi connectivity index (χ4v) is 3.03. The molecule has 3 rings (SSSR count). The van der Waals surface area contributed by atoms with Gasteiger partial charge in [-0.3, -0.25) is 4.99 Å². The summed E-state index contributed by atoms with van der Waals surface area (Å²) in [7, 11) is 0. The molecule has 0 bridgehead atoms. The standard InChI is InChI=1S/C13H14N2S/c1-2-6-11(7-3-1)12-10-16-13-14-8-4-5-9-15(12)13/h1-3,6-7,10H,4-5,8-9H2. The Morgan fingerprint density at radius 2 is 2.00 bits per heavy atom. The van der Waals surface area contributed by atoms with E-state index >= 15 is 0 Å². The second-order valence-corrected chi connectivity index (χ2v) is 4.85. The van der Waals surface area contributed by atoms with Gasteiger partial charge in [0.1, 0.15) is 0 Å². The van der Waals surface area contributed by atoms with Crippen LogP contribution in [0, 0.1) is 0 Å². The molecule has 82 valence electrons. The molecule has 0 unspecified atom stereocenters. The van der Waals surface area contributed by atoms with E-state index < -0.39 is 0 Å². The minimum atomic E-state index is 0.981. The number of benzene rings is 1. The first-order valence-corrected chi connectivity index (χ1v) is 6.57. The highest BCUT2D eigenvalue weighted by Gasteiger charge is 2.24. The third-order valence-corrected chi connectivity index (χ3v) is 3.81. The number of thioether (sulfide) groups is 1. The average molecular weight is 230 g/mol. The molecular formula is C13H14N2S. The van der Waals surface area contributed by atoms with Crippen LogP contribution in [-0.2, 0) is 0 Å². The van der Waals surface area contributed by atoms with Crippen molar-refractivity contribution >= 4 is 22.6 Å². The largest absolute Gasteiger partial charge is 0.320 e. The number of rotatable bonds is 1. The van der Waals surface area contributed by atoms with Crippen LogP contribution in [0.25, 0.3) is 5.70 Å². The lowest BCUT2D eigenvalue weighted by Gasteiger charge is -2.20. The maximum Gasteiger partial charge on any atom is 0.168 e. The minimum absolute atomic E-state index is 0.981. The first kappa shape index (κ1) is 9.97. The Kier molecular flexibility index (Phi) is 2.70. The molecule has 1 aromatic rings. The Labute approximate surface area is 100 Å². The van der Waals surface area contributed by atoms with Crippen molar-refractivity contribution in [2.24, 2.45) is 4.99 Å². The first-order chi connectivity index (χ1) is 7.95. The lowest BCUT2D eigenvalue weighted by molar-refractivity contribution is 0.571. The monoisotopic (exact) mass is 230 g/mol. The van der Waals surface area contributed by atoms with Crippen LogP contribution in [0.5, 0.6) is 0 Å². The smallest absolute Gasteiger partial charge is 0.168 e. The van der Waals surface area contributed by atoms with Crippen molar-refractivity contribution in [3.05, 3.63) is 41.3 Å². The summed E-state index contributed by atoms with van der Waals surface area (Å²) in [6, 6.07) is 10.6. The van der Waals surface area contributed by atoms with Crippen molar-refractivity contribution in [1.82, 2.24) is 4.90 Å². The van der Waals surface area contributed by atoms with Crippen LogP contribution >= 0.6 is 11.8 Å². The molecule has 0 amide bonds. The molecule has 2 nitrogen and oxygen atoms in total. The summed E-state index contributed by atoms with van der Waals surface area (Å²) in [6.45, 7) is 2.08. The van der Waals surface area contributed by atoms with Crippen molar-refractivity contribution < 1.29 is 0 Å². The van der Waals surface area contributed by atoms with Crippen LogP contribution < -0.4 is 0 Å². The zero-order valence-corrected chi connectivity index (χ0v) is 9.91. The van der Waals surface area contributed by atoms with E-state index in [0.29, 0.717) is 0 Å². The highest BCUT2D eigenvalue weighted by Crippen LogP contribution is 2.34. The normalized spacial score (nSPS) is 19.9. The molecule has 0 aromatic heterocycles. The summed E-state index contributed by atoms with van der Waals surface area (Å²) in [4.78, 5) is 6.97. The Bertz CT molecular complexity index is 437. The van der Waals surface area contributed by atoms with Gasteiger partial charge in [-0.25, -0.2) is 0 Å². The predicted molar refractivity (Wildman–Crippen MR) is 70.3 cm³/mol. The van der Waals surface area contributed by atoms with Gasteiger partial charge in [0, 0.05) is 18.5 Å². The summed E-state index contributed by atoms with van der Waals surface area (Å²) in [5.74, 6) is 0. The number of fused-ring (bicyclic) bond motifs is 1. The highest BCUT2D eigenvalue weighted by molar-refractivity contribution is 8.16. The molecule has 0 saturated carbocycles. The fraction of sp³-hybridized carbons (Fsp3) is 0.308. The summed E-state index contributed by atoms with van der Waals surface area (Å²) in [5.41, 5.74) is 2.60. The quantitative estimate of drug-likeness (QED) is 0.736. The van der Waals surface area contributed by atoms with Crippen LogP contribution in [-0.4, -0.2) is 23.2 Å². The van der Waals surface area contributed by atoms with Crippen molar-refractivity contribution in [3.63, 3.8) is 0 Å². The lowest BCUT2D eigenvalue weighted by Crippen LogP contribution is -2.23. The van der Waals surface area contributed by atoms with Crippen molar-refractivity contribution in [3.8, 4) is 0 Å². The van der Waals surface area contributed by atoms with Gasteiger partial charge >= 0.3 is 0 Å². The zero-order chi connectivity index (χ0) is 10.8. The van der Waals surface area contributed by atoms with E-state index in [0.717, 1.165) is 13.1 Å². The molecule has 0 spiro atoms. The summed E-state index contributed by atoms with van der Waals surface area (Å²) < 4.78 is 0. The van der Waals surface area contributed by atoms with Gasteiger partial charge in [-0.15, -0.1) is 0 Å². The van der Waals surface area contributed by atoms with Gasteiger partial charge in [0.15, 0.2) is 5.17 Å². The maximum atomic E-state index is 4.61. The fourth-order valence-electron chi connectivity index (χ4n) is 2.07. The molecule has 0 radical (unpaired) electrons. The van der Waals surface area contributed by atoms with Crippen LogP contribution in [0.4, 0.5) is 0 Å². The Morgan fingerprint density at radius 1 is 1.12 bits per heavy atom. The Morgan fingerprint density at radius 3 is 2.88 bits per heavy atom. The van der Waals surface area contributed by atoms with E-state index in [4.69, 9.17) is 0 Å². The molecule has 0 N–H and O–H groups in total. The van der Waals surface area contributed by atoms with Gasteiger partial charge in [0.2, 0.25) is 0 Å². The third kappa shape index (κ3) is 1.76. The van der Waals surface area contributed by atoms with Crippen molar-refractivity contribution in [2.45, 2.75) is 12.8 Å². The van der Waals surface area contributed by atoms with Crippen LogP contribution in [0.1, 0.15) is 18.4 Å². The van der Waals surface area contributed by atoms with Gasteiger partial charge in [-0.05, 0) is 18.4 Å². The van der Waals surface area contributed by atoms with E-state index in [1.165, 1.54) is 29.3 Å². The number of aliphatic imine (C=N–C) groups is 1. The highest BCUT2D eigenvalue weighted by atomic mass is 32.2. The molecule has 3 heteroatoms. The Balaban J connectivity index is 1.92. The molecule has 2 aliphatic heterocycles. The predicted octanol–water partition coefficient (Wildman–Crippen LogP) is 3.18. The van der Waals surface area contributed by atoms with Crippen LogP contribution in [0.15, 0.2) is 40.7 Å². The summed E-state index contributed by atoms with van der Waals surface area (Å²) in [5, 5.41) is 3.40. The molecule has 1 aromatic carbocycles. The van der Waals surface area contributed by atoms with E-state index in [-0.39, 0.29) is 0 Å². The second kappa shape index (κ2) is 4.34. The van der Waals surface area contributed by atoms with Crippen molar-refractivity contribution in [2.75, 3.05) is 13.1 Å². The number of amidine groups is 1. The van der Waals surface area contributed by atoms with Crippen molar-refractivity contribution in [1.29, 1.82) is 0 Å². The van der Waals surface area contributed by atoms with E-state index in [2.05, 4.69) is 45.6 Å². The molecule has 0 aliphatic carbocycles. The molecule has 16 heavy (non-hydrogen) atoms. The summed E-state index contributed by atoms with van der Waals surface area (Å²) in [6.07, 6.45) is 2.44. The molecule has 0 fully saturated rings. The van der Waals surface area contributed by atoms with Crippen LogP contribution in [0.3, 0.4) is 0 Å². The molecule has 0 atom stereocenters. The first-order valence-electron chi connectivity index (χ1n) is 5.69. The molecule has 0 saturated heterocycles. The van der Waals surface area contributed by atoms with Gasteiger partial charge < -0.3 is 4.90 Å². The zero-order valence-electron chi connectivity index (χ0n) is 9.10.